The topological polar surface area (TPSA) is 61.9 Å². The lowest BCUT2D eigenvalue weighted by atomic mass is 10.1. The van der Waals surface area contributed by atoms with Crippen molar-refractivity contribution in [2.75, 3.05) is 29.6 Å². The van der Waals surface area contributed by atoms with Gasteiger partial charge in [0.1, 0.15) is 17.4 Å². The van der Waals surface area contributed by atoms with Crippen molar-refractivity contribution < 1.29 is 23.1 Å². The lowest BCUT2D eigenvalue weighted by Crippen LogP contribution is -2.51. The summed E-state index contributed by atoms with van der Waals surface area (Å²) in [6, 6.07) is 16.4. The molecule has 3 aromatic rings. The van der Waals surface area contributed by atoms with Crippen molar-refractivity contribution >= 4 is 35.1 Å². The van der Waals surface area contributed by atoms with E-state index in [-0.39, 0.29) is 18.3 Å². The Balaban J connectivity index is 1.50. The van der Waals surface area contributed by atoms with Crippen LogP contribution in [0.4, 0.5) is 25.0 Å². The predicted molar refractivity (Wildman–Crippen MR) is 127 cm³/mol. The number of hydrogen-bond donors (Lipinski definition) is 1. The van der Waals surface area contributed by atoms with E-state index in [1.54, 1.807) is 49.6 Å². The minimum atomic E-state index is -1.38. The number of methoxy groups -OCH3 is 1. The molecule has 174 valence electrons. The van der Waals surface area contributed by atoms with Gasteiger partial charge in [0.05, 0.1) is 19.3 Å². The first-order valence-electron chi connectivity index (χ1n) is 10.7. The van der Waals surface area contributed by atoms with Crippen LogP contribution in [0, 0.1) is 11.6 Å². The predicted octanol–water partition coefficient (Wildman–Crippen LogP) is 4.95. The van der Waals surface area contributed by atoms with Gasteiger partial charge in [-0.15, -0.1) is 11.8 Å². The number of ether oxygens (including phenoxy) is 1. The van der Waals surface area contributed by atoms with Gasteiger partial charge in [0.25, 0.3) is 5.91 Å². The molecule has 1 saturated heterocycles. The molecule has 3 aromatic carbocycles. The monoisotopic (exact) mass is 481 g/mol. The molecular formula is C25H21F2N3O3S. The van der Waals surface area contributed by atoms with Crippen LogP contribution in [0.3, 0.4) is 0 Å². The maximum absolute atomic E-state index is 14.4. The number of hydrogen-bond acceptors (Lipinski definition) is 4. The zero-order valence-electron chi connectivity index (χ0n) is 18.3. The van der Waals surface area contributed by atoms with E-state index >= 15 is 0 Å². The number of nitrogens with one attached hydrogen (secondary N) is 1. The van der Waals surface area contributed by atoms with E-state index in [1.165, 1.54) is 45.8 Å². The summed E-state index contributed by atoms with van der Waals surface area (Å²) in [6.45, 7) is 0.493. The fourth-order valence-corrected chi connectivity index (χ4v) is 5.83. The molecule has 0 aliphatic carbocycles. The Morgan fingerprint density at radius 3 is 2.47 bits per heavy atom. The summed E-state index contributed by atoms with van der Waals surface area (Å²) < 4.78 is 32.9. The van der Waals surface area contributed by atoms with Crippen molar-refractivity contribution in [2.45, 2.75) is 11.4 Å². The third-order valence-corrected chi connectivity index (χ3v) is 7.42. The van der Waals surface area contributed by atoms with Crippen LogP contribution in [-0.4, -0.2) is 36.2 Å². The molecule has 0 aromatic heterocycles. The van der Waals surface area contributed by atoms with Gasteiger partial charge in [0.2, 0.25) is 0 Å². The van der Waals surface area contributed by atoms with Gasteiger partial charge < -0.3 is 15.0 Å². The van der Waals surface area contributed by atoms with Gasteiger partial charge in [-0.1, -0.05) is 12.1 Å². The fourth-order valence-electron chi connectivity index (χ4n) is 4.38. The van der Waals surface area contributed by atoms with E-state index in [9.17, 15) is 18.4 Å². The number of rotatable bonds is 4. The number of benzene rings is 3. The van der Waals surface area contributed by atoms with Crippen LogP contribution in [0.1, 0.15) is 11.1 Å². The van der Waals surface area contributed by atoms with Crippen LogP contribution < -0.4 is 15.0 Å². The molecule has 2 aliphatic rings. The third kappa shape index (κ3) is 3.66. The molecule has 3 amide bonds. The summed E-state index contributed by atoms with van der Waals surface area (Å²) in [5.41, 5.74) is 2.24. The maximum Gasteiger partial charge on any atom is 0.323 e. The summed E-state index contributed by atoms with van der Waals surface area (Å²) in [5, 5.41) is 2.84. The largest absolute Gasteiger partial charge is 0.497 e. The first kappa shape index (κ1) is 22.2. The molecular weight excluding hydrogens is 460 g/mol. The van der Waals surface area contributed by atoms with Crippen molar-refractivity contribution in [2.24, 2.45) is 0 Å². The van der Waals surface area contributed by atoms with Crippen molar-refractivity contribution in [3.05, 3.63) is 89.5 Å². The number of amides is 3. The highest BCUT2D eigenvalue weighted by Crippen LogP contribution is 2.54. The average Bonchev–Trinajstić information content (AvgIpc) is 3.38. The Morgan fingerprint density at radius 1 is 1.06 bits per heavy atom. The van der Waals surface area contributed by atoms with E-state index in [2.05, 4.69) is 5.32 Å². The molecule has 9 heteroatoms. The second kappa shape index (κ2) is 8.64. The summed E-state index contributed by atoms with van der Waals surface area (Å²) in [4.78, 5) is 28.8. The molecule has 5 rings (SSSR count). The SMILES string of the molecule is COc1ccc(NC(=O)N2CCSC23C(=O)N(Cc2ccc(F)cc2)c2ccc(F)cc23)cc1. The van der Waals surface area contributed by atoms with Gasteiger partial charge in [-0.05, 0) is 60.2 Å². The van der Waals surface area contributed by atoms with Gasteiger partial charge in [0.15, 0.2) is 4.87 Å². The second-order valence-electron chi connectivity index (χ2n) is 7.98. The van der Waals surface area contributed by atoms with Crippen LogP contribution in [-0.2, 0) is 16.2 Å². The van der Waals surface area contributed by atoms with Crippen LogP contribution in [0.5, 0.6) is 5.75 Å². The Labute approximate surface area is 199 Å². The highest BCUT2D eigenvalue weighted by Gasteiger charge is 2.59. The first-order chi connectivity index (χ1) is 16.4. The zero-order chi connectivity index (χ0) is 23.9. The first-order valence-corrected chi connectivity index (χ1v) is 11.6. The average molecular weight is 482 g/mol. The Hall–Kier alpha value is -3.59. The summed E-state index contributed by atoms with van der Waals surface area (Å²) in [6.07, 6.45) is 0. The second-order valence-corrected chi connectivity index (χ2v) is 9.27. The molecule has 0 bridgehead atoms. The molecule has 1 unspecified atom stereocenters. The molecule has 2 aliphatic heterocycles. The maximum atomic E-state index is 14.4. The molecule has 0 saturated carbocycles. The number of carbonyl (C=O) groups is 2. The normalized spacial score (nSPS) is 19.0. The number of carbonyl (C=O) groups excluding carboxylic acids is 2. The number of urea groups is 1. The van der Waals surface area contributed by atoms with Crippen molar-refractivity contribution in [1.82, 2.24) is 4.90 Å². The van der Waals surface area contributed by atoms with E-state index in [0.29, 0.717) is 35.0 Å². The van der Waals surface area contributed by atoms with Crippen LogP contribution in [0.2, 0.25) is 0 Å². The van der Waals surface area contributed by atoms with Crippen LogP contribution in [0.15, 0.2) is 66.7 Å². The van der Waals surface area contributed by atoms with Gasteiger partial charge in [-0.3, -0.25) is 9.69 Å². The molecule has 1 atom stereocenters. The minimum absolute atomic E-state index is 0.175. The molecule has 0 radical (unpaired) electrons. The quantitative estimate of drug-likeness (QED) is 0.573. The standard InChI is InChI=1S/C25H21F2N3O3S/c1-33-20-9-7-19(8-10-20)28-24(32)30-12-13-34-25(30)21-14-18(27)6-11-22(21)29(23(25)31)15-16-2-4-17(26)5-3-16/h2-11,14H,12-13,15H2,1H3,(H,28,32). The third-order valence-electron chi connectivity index (χ3n) is 6.00. The lowest BCUT2D eigenvalue weighted by Gasteiger charge is -2.33. The van der Waals surface area contributed by atoms with Crippen molar-refractivity contribution in [3.63, 3.8) is 0 Å². The fraction of sp³-hybridized carbons (Fsp3) is 0.200. The van der Waals surface area contributed by atoms with Gasteiger partial charge in [-0.25, -0.2) is 13.6 Å². The van der Waals surface area contributed by atoms with E-state index in [0.717, 1.165) is 5.56 Å². The summed E-state index contributed by atoms with van der Waals surface area (Å²) >= 11 is 1.31. The van der Waals surface area contributed by atoms with Crippen molar-refractivity contribution in [3.8, 4) is 5.75 Å². The Morgan fingerprint density at radius 2 is 1.76 bits per heavy atom. The number of nitrogens with zero attached hydrogens (tertiary/aromatic N) is 2. The zero-order valence-corrected chi connectivity index (χ0v) is 19.1. The molecule has 2 heterocycles. The smallest absolute Gasteiger partial charge is 0.323 e. The number of anilines is 2. The minimum Gasteiger partial charge on any atom is -0.497 e. The number of fused-ring (bicyclic) bond motifs is 2. The molecule has 6 nitrogen and oxygen atoms in total. The Kier molecular flexibility index (Phi) is 5.65. The van der Waals surface area contributed by atoms with E-state index < -0.39 is 16.7 Å². The molecule has 1 N–H and O–H groups in total. The van der Waals surface area contributed by atoms with E-state index in [1.807, 2.05) is 0 Å². The van der Waals surface area contributed by atoms with Crippen LogP contribution in [0.25, 0.3) is 0 Å². The van der Waals surface area contributed by atoms with Gasteiger partial charge >= 0.3 is 6.03 Å². The number of thioether (sulfide) groups is 1. The Bertz CT molecular complexity index is 1250. The summed E-state index contributed by atoms with van der Waals surface area (Å²) in [5.74, 6) is -0.0224. The van der Waals surface area contributed by atoms with E-state index in [4.69, 9.17) is 4.74 Å². The highest BCUT2D eigenvalue weighted by molar-refractivity contribution is 8.01. The molecule has 34 heavy (non-hydrogen) atoms. The lowest BCUT2D eigenvalue weighted by molar-refractivity contribution is -0.123. The molecule has 1 fully saturated rings. The van der Waals surface area contributed by atoms with Crippen LogP contribution >= 0.6 is 11.8 Å². The summed E-state index contributed by atoms with van der Waals surface area (Å²) in [7, 11) is 1.55. The highest BCUT2D eigenvalue weighted by atomic mass is 32.2. The number of halogens is 2. The molecule has 1 spiro atoms. The van der Waals surface area contributed by atoms with Gasteiger partial charge in [0, 0.05) is 23.5 Å². The van der Waals surface area contributed by atoms with Crippen molar-refractivity contribution in [1.29, 1.82) is 0 Å². The van der Waals surface area contributed by atoms with Gasteiger partial charge in [-0.2, -0.15) is 0 Å².